The molecule has 1 aromatic rings. The fraction of sp³-hybridized carbons (Fsp3) is 0.200. The molecule has 0 bridgehead atoms. The number of aromatic nitrogens is 1. The van der Waals surface area contributed by atoms with Crippen LogP contribution in [0, 0.1) is 0 Å². The van der Waals surface area contributed by atoms with Crippen LogP contribution in [-0.2, 0) is 0 Å². The van der Waals surface area contributed by atoms with Crippen molar-refractivity contribution in [3.05, 3.63) is 6.20 Å². The molecule has 0 aromatic carbocycles. The lowest BCUT2D eigenvalue weighted by Gasteiger charge is -1.93. The predicted octanol–water partition coefficient (Wildman–Crippen LogP) is 1.38. The number of rotatable bonds is 1. The first-order valence-corrected chi connectivity index (χ1v) is 3.77. The van der Waals surface area contributed by atoms with Crippen LogP contribution < -0.4 is 5.32 Å². The van der Waals surface area contributed by atoms with Crippen LogP contribution in [0.1, 0.15) is 0 Å². The Morgan fingerprint density at radius 1 is 1.78 bits per heavy atom. The number of aromatic hydroxyl groups is 1. The number of anilines is 2. The van der Waals surface area contributed by atoms with Gasteiger partial charge >= 0.3 is 0 Å². The van der Waals surface area contributed by atoms with Gasteiger partial charge in [0.15, 0.2) is 5.75 Å². The van der Waals surface area contributed by atoms with E-state index in [1.807, 2.05) is 10.2 Å². The van der Waals surface area contributed by atoms with Crippen LogP contribution in [0.25, 0.3) is 0 Å². The smallest absolute Gasteiger partial charge is 0.160 e. The fourth-order valence-electron chi connectivity index (χ4n) is 0.822. The number of hydrogen-bond donors (Lipinski definition) is 2. The molecule has 0 unspecified atom stereocenters. The van der Waals surface area contributed by atoms with Crippen molar-refractivity contribution in [3.63, 3.8) is 0 Å². The largest absolute Gasteiger partial charge is 0.504 e. The van der Waals surface area contributed by atoms with Crippen LogP contribution >= 0.6 is 11.9 Å². The first-order chi connectivity index (χ1) is 4.33. The van der Waals surface area contributed by atoms with E-state index in [2.05, 4.69) is 5.32 Å². The van der Waals surface area contributed by atoms with Gasteiger partial charge < -0.3 is 10.4 Å². The van der Waals surface area contributed by atoms with E-state index in [9.17, 15) is 0 Å². The molecule has 4 heteroatoms. The van der Waals surface area contributed by atoms with Crippen molar-refractivity contribution in [3.8, 4) is 5.75 Å². The minimum Gasteiger partial charge on any atom is -0.504 e. The van der Waals surface area contributed by atoms with Crippen molar-refractivity contribution in [2.75, 3.05) is 11.6 Å². The molecule has 2 rings (SSSR count). The molecule has 2 heterocycles. The molecule has 3 nitrogen and oxygen atoms in total. The second-order valence-corrected chi connectivity index (χ2v) is 2.63. The lowest BCUT2D eigenvalue weighted by atomic mass is 10.6. The molecule has 0 saturated carbocycles. The molecule has 1 aliphatic rings. The maximum atomic E-state index is 9.03. The van der Waals surface area contributed by atoms with E-state index < -0.39 is 0 Å². The monoisotopic (exact) mass is 142 g/mol. The van der Waals surface area contributed by atoms with Crippen LogP contribution in [0.3, 0.4) is 0 Å². The summed E-state index contributed by atoms with van der Waals surface area (Å²) in [5, 5.41) is 12.0. The molecule has 0 aliphatic carbocycles. The summed E-state index contributed by atoms with van der Waals surface area (Å²) in [7, 11) is 0. The van der Waals surface area contributed by atoms with Gasteiger partial charge in [-0.05, 0) is 11.9 Å². The Hall–Kier alpha value is -0.770. The molecule has 0 saturated heterocycles. The molecular formula is C5H6N2OS. The molecule has 48 valence electrons. The maximum absolute atomic E-state index is 9.03. The Balaban J connectivity index is 2.51. The van der Waals surface area contributed by atoms with Crippen LogP contribution in [0.2, 0.25) is 0 Å². The first-order valence-electron chi connectivity index (χ1n) is 2.58. The highest BCUT2D eigenvalue weighted by atomic mass is 32.2. The van der Waals surface area contributed by atoms with E-state index in [0.29, 0.717) is 5.75 Å². The Kier molecular flexibility index (Phi) is 0.778. The number of nitrogens with zero attached hydrogens (tertiary/aromatic N) is 1. The van der Waals surface area contributed by atoms with Gasteiger partial charge in [0.2, 0.25) is 0 Å². The van der Waals surface area contributed by atoms with Crippen molar-refractivity contribution in [2.24, 2.45) is 0 Å². The van der Waals surface area contributed by atoms with E-state index in [1.54, 1.807) is 18.1 Å². The summed E-state index contributed by atoms with van der Waals surface area (Å²) in [6, 6.07) is 0. The second kappa shape index (κ2) is 1.39. The zero-order valence-electron chi connectivity index (χ0n) is 4.88. The van der Waals surface area contributed by atoms with Crippen LogP contribution in [0.5, 0.6) is 5.75 Å². The van der Waals surface area contributed by atoms with Gasteiger partial charge in [0.1, 0.15) is 11.5 Å². The number of hydrogen-bond acceptors (Lipinski definition) is 3. The van der Waals surface area contributed by atoms with Crippen LogP contribution in [0.15, 0.2) is 6.20 Å². The topological polar surface area (TPSA) is 47.1 Å². The fourth-order valence-corrected chi connectivity index (χ4v) is 1.35. The zero-order valence-corrected chi connectivity index (χ0v) is 5.70. The third-order valence-corrected chi connectivity index (χ3v) is 2.01. The van der Waals surface area contributed by atoms with Crippen molar-refractivity contribution < 1.29 is 5.11 Å². The molecule has 1 aliphatic heterocycles. The summed E-state index contributed by atoms with van der Waals surface area (Å²) < 4.78 is 1.89. The van der Waals surface area contributed by atoms with Crippen LogP contribution in [-0.4, -0.2) is 15.3 Å². The Morgan fingerprint density at radius 3 is 2.78 bits per heavy atom. The Labute approximate surface area is 56.8 Å². The molecule has 1 aromatic heterocycles. The van der Waals surface area contributed by atoms with Gasteiger partial charge in [-0.1, -0.05) is 0 Å². The van der Waals surface area contributed by atoms with Crippen LogP contribution in [0.4, 0.5) is 11.5 Å². The lowest BCUT2D eigenvalue weighted by molar-refractivity contribution is 0.478. The quantitative estimate of drug-likeness (QED) is 0.591. The summed E-state index contributed by atoms with van der Waals surface area (Å²) in [5.74, 6) is 1.37. The van der Waals surface area contributed by atoms with Gasteiger partial charge in [0.05, 0.1) is 6.20 Å². The molecule has 0 fully saturated rings. The molecule has 0 atom stereocenters. The van der Waals surface area contributed by atoms with Gasteiger partial charge in [-0.25, -0.2) is 0 Å². The van der Waals surface area contributed by atoms with E-state index in [0.717, 1.165) is 11.5 Å². The summed E-state index contributed by atoms with van der Waals surface area (Å²) >= 11 is 1.56. The maximum Gasteiger partial charge on any atom is 0.160 e. The number of nitrogens with one attached hydrogen (secondary N) is 1. The summed E-state index contributed by atoms with van der Waals surface area (Å²) in [5.41, 5.74) is 0.879. The Bertz CT molecular complexity index is 256. The molecule has 0 spiro atoms. The molecule has 0 amide bonds. The van der Waals surface area contributed by atoms with E-state index in [1.165, 1.54) is 0 Å². The third kappa shape index (κ3) is 0.535. The minimum atomic E-state index is 0.347. The van der Waals surface area contributed by atoms with Gasteiger partial charge in [-0.3, -0.25) is 3.97 Å². The highest BCUT2D eigenvalue weighted by Crippen LogP contribution is 2.49. The SMILES string of the molecule is CSn1cc(O)c2c1N2. The highest BCUT2D eigenvalue weighted by Gasteiger charge is 2.26. The average Bonchev–Trinajstić information content (AvgIpc) is 2.56. The van der Waals surface area contributed by atoms with Gasteiger partial charge in [0.25, 0.3) is 0 Å². The average molecular weight is 142 g/mol. The molecule has 0 radical (unpaired) electrons. The van der Waals surface area contributed by atoms with E-state index >= 15 is 0 Å². The lowest BCUT2D eigenvalue weighted by Crippen LogP contribution is -1.79. The Morgan fingerprint density at radius 2 is 2.56 bits per heavy atom. The predicted molar refractivity (Wildman–Crippen MR) is 38.3 cm³/mol. The van der Waals surface area contributed by atoms with Gasteiger partial charge in [0, 0.05) is 6.26 Å². The summed E-state index contributed by atoms with van der Waals surface area (Å²) in [6.07, 6.45) is 3.66. The summed E-state index contributed by atoms with van der Waals surface area (Å²) in [6.45, 7) is 0. The zero-order chi connectivity index (χ0) is 6.43. The van der Waals surface area contributed by atoms with Crippen molar-refractivity contribution in [1.82, 2.24) is 3.97 Å². The summed E-state index contributed by atoms with van der Waals surface area (Å²) in [4.78, 5) is 0. The number of fused-ring (bicyclic) bond motifs is 1. The molecular weight excluding hydrogens is 136 g/mol. The molecule has 9 heavy (non-hydrogen) atoms. The van der Waals surface area contributed by atoms with Gasteiger partial charge in [-0.2, -0.15) is 0 Å². The first kappa shape index (κ1) is 5.05. The van der Waals surface area contributed by atoms with E-state index in [-0.39, 0.29) is 0 Å². The van der Waals surface area contributed by atoms with Crippen molar-refractivity contribution in [2.45, 2.75) is 0 Å². The van der Waals surface area contributed by atoms with Crippen molar-refractivity contribution in [1.29, 1.82) is 0 Å². The van der Waals surface area contributed by atoms with Crippen molar-refractivity contribution >= 4 is 23.5 Å². The van der Waals surface area contributed by atoms with Gasteiger partial charge in [-0.15, -0.1) is 0 Å². The molecule has 2 N–H and O–H groups in total. The standard InChI is InChI=1S/C5H6N2OS/c1-9-7-2-3(8)4-5(7)6-4/h2,6,8H,1H3. The normalized spacial score (nSPS) is 12.6. The van der Waals surface area contributed by atoms with E-state index in [4.69, 9.17) is 5.11 Å². The third-order valence-electron chi connectivity index (χ3n) is 1.33. The highest BCUT2D eigenvalue weighted by molar-refractivity contribution is 7.97. The second-order valence-electron chi connectivity index (χ2n) is 1.87. The minimum absolute atomic E-state index is 0.347.